The summed E-state index contributed by atoms with van der Waals surface area (Å²) in [6.07, 6.45) is 0.801. The maximum absolute atomic E-state index is 12.3. The fraction of sp³-hybridized carbons (Fsp3) is 0.238. The molecule has 1 heterocycles. The van der Waals surface area contributed by atoms with Gasteiger partial charge in [-0.1, -0.05) is 43.3 Å². The van der Waals surface area contributed by atoms with Crippen LogP contribution in [-0.4, -0.2) is 18.5 Å². The van der Waals surface area contributed by atoms with Crippen LogP contribution in [0.2, 0.25) is 0 Å². The second-order valence-electron chi connectivity index (χ2n) is 6.14. The van der Waals surface area contributed by atoms with Gasteiger partial charge in [0.05, 0.1) is 0 Å². The summed E-state index contributed by atoms with van der Waals surface area (Å²) in [6.45, 7) is 5.38. The molecular formula is C21H21NO4. The van der Waals surface area contributed by atoms with Gasteiger partial charge in [-0.3, -0.25) is 4.79 Å². The Morgan fingerprint density at radius 1 is 1.08 bits per heavy atom. The highest BCUT2D eigenvalue weighted by atomic mass is 16.5. The second kappa shape index (κ2) is 7.44. The van der Waals surface area contributed by atoms with E-state index in [0.29, 0.717) is 11.1 Å². The van der Waals surface area contributed by atoms with Crippen molar-refractivity contribution in [2.75, 3.05) is 11.9 Å². The van der Waals surface area contributed by atoms with E-state index in [1.807, 2.05) is 50.2 Å². The molecule has 0 aliphatic carbocycles. The lowest BCUT2D eigenvalue weighted by Crippen LogP contribution is -2.22. The Morgan fingerprint density at radius 2 is 1.85 bits per heavy atom. The molecule has 5 nitrogen and oxygen atoms in total. The first-order valence-electron chi connectivity index (χ1n) is 8.54. The highest BCUT2D eigenvalue weighted by Crippen LogP contribution is 2.25. The standard InChI is InChI=1S/C21H21NO4/c1-4-15-9-7-8-13(2)19(15)22-18(23)12-25-21(24)20-14(3)16-10-5-6-11-17(16)26-20/h5-11H,4,12H2,1-3H3,(H,22,23). The maximum atomic E-state index is 12.3. The third kappa shape index (κ3) is 3.47. The molecular weight excluding hydrogens is 330 g/mol. The molecule has 1 N–H and O–H groups in total. The Bertz CT molecular complexity index is 971. The minimum absolute atomic E-state index is 0.129. The predicted octanol–water partition coefficient (Wildman–Crippen LogP) is 4.41. The number of para-hydroxylation sites is 2. The van der Waals surface area contributed by atoms with Gasteiger partial charge >= 0.3 is 5.97 Å². The van der Waals surface area contributed by atoms with Crippen LogP contribution in [0.5, 0.6) is 0 Å². The molecule has 0 saturated carbocycles. The number of anilines is 1. The summed E-state index contributed by atoms with van der Waals surface area (Å²) in [5, 5.41) is 3.69. The minimum atomic E-state index is -0.644. The molecule has 0 atom stereocenters. The average molecular weight is 351 g/mol. The van der Waals surface area contributed by atoms with Gasteiger partial charge in [0.1, 0.15) is 5.58 Å². The molecule has 2 aromatic carbocycles. The first-order chi connectivity index (χ1) is 12.5. The molecule has 0 aliphatic rings. The summed E-state index contributed by atoms with van der Waals surface area (Å²) in [5.74, 6) is -0.894. The molecule has 134 valence electrons. The molecule has 0 unspecified atom stereocenters. The van der Waals surface area contributed by atoms with Crippen LogP contribution in [0.3, 0.4) is 0 Å². The Kier molecular flexibility index (Phi) is 5.07. The van der Waals surface area contributed by atoms with E-state index in [1.165, 1.54) is 0 Å². The van der Waals surface area contributed by atoms with E-state index < -0.39 is 5.97 Å². The van der Waals surface area contributed by atoms with E-state index in [1.54, 1.807) is 13.0 Å². The van der Waals surface area contributed by atoms with Crippen LogP contribution in [0.1, 0.15) is 34.2 Å². The summed E-state index contributed by atoms with van der Waals surface area (Å²) in [7, 11) is 0. The maximum Gasteiger partial charge on any atom is 0.375 e. The Labute approximate surface area is 152 Å². The van der Waals surface area contributed by atoms with E-state index in [2.05, 4.69) is 5.32 Å². The van der Waals surface area contributed by atoms with Crippen LogP contribution in [0, 0.1) is 13.8 Å². The topological polar surface area (TPSA) is 68.5 Å². The van der Waals surface area contributed by atoms with Crippen molar-refractivity contribution in [1.82, 2.24) is 0 Å². The molecule has 0 bridgehead atoms. The quantitative estimate of drug-likeness (QED) is 0.692. The molecule has 3 rings (SSSR count). The minimum Gasteiger partial charge on any atom is -0.450 e. The van der Waals surface area contributed by atoms with Crippen molar-refractivity contribution < 1.29 is 18.7 Å². The zero-order valence-electron chi connectivity index (χ0n) is 15.1. The number of rotatable bonds is 5. The zero-order valence-corrected chi connectivity index (χ0v) is 15.1. The molecule has 0 fully saturated rings. The number of hydrogen-bond acceptors (Lipinski definition) is 4. The smallest absolute Gasteiger partial charge is 0.375 e. The lowest BCUT2D eigenvalue weighted by Gasteiger charge is -2.12. The SMILES string of the molecule is CCc1cccc(C)c1NC(=O)COC(=O)c1oc2ccccc2c1C. The summed E-state index contributed by atoms with van der Waals surface area (Å²) in [5.41, 5.74) is 4.11. The van der Waals surface area contributed by atoms with Gasteiger partial charge in [-0.2, -0.15) is 0 Å². The predicted molar refractivity (Wildman–Crippen MR) is 100 cm³/mol. The number of nitrogens with one attached hydrogen (secondary N) is 1. The van der Waals surface area contributed by atoms with Gasteiger partial charge in [0.2, 0.25) is 5.76 Å². The Balaban J connectivity index is 1.68. The Hall–Kier alpha value is -3.08. The summed E-state index contributed by atoms with van der Waals surface area (Å²) >= 11 is 0. The molecule has 0 saturated heterocycles. The van der Waals surface area contributed by atoms with Crippen LogP contribution in [0.25, 0.3) is 11.0 Å². The largest absolute Gasteiger partial charge is 0.450 e. The van der Waals surface area contributed by atoms with Crippen molar-refractivity contribution in [3.05, 3.63) is 64.9 Å². The van der Waals surface area contributed by atoms with Crippen molar-refractivity contribution in [3.8, 4) is 0 Å². The molecule has 0 radical (unpaired) electrons. The number of benzene rings is 2. The molecule has 0 aliphatic heterocycles. The van der Waals surface area contributed by atoms with Crippen molar-refractivity contribution >= 4 is 28.5 Å². The van der Waals surface area contributed by atoms with Gasteiger partial charge < -0.3 is 14.5 Å². The lowest BCUT2D eigenvalue weighted by molar-refractivity contribution is -0.119. The summed E-state index contributed by atoms with van der Waals surface area (Å²) in [6, 6.07) is 13.2. The number of ether oxygens (including phenoxy) is 1. The number of carbonyl (C=O) groups is 2. The third-order valence-electron chi connectivity index (χ3n) is 4.37. The van der Waals surface area contributed by atoms with Gasteiger partial charge in [0.25, 0.3) is 5.91 Å². The molecule has 0 spiro atoms. The number of hydrogen-bond donors (Lipinski definition) is 1. The first kappa shape index (κ1) is 17.7. The first-order valence-corrected chi connectivity index (χ1v) is 8.54. The van der Waals surface area contributed by atoms with E-state index >= 15 is 0 Å². The van der Waals surface area contributed by atoms with Crippen LogP contribution in [0.4, 0.5) is 5.69 Å². The number of fused-ring (bicyclic) bond motifs is 1. The van der Waals surface area contributed by atoms with Crippen LogP contribution in [0.15, 0.2) is 46.9 Å². The van der Waals surface area contributed by atoms with E-state index in [9.17, 15) is 9.59 Å². The fourth-order valence-corrected chi connectivity index (χ4v) is 2.94. The van der Waals surface area contributed by atoms with Crippen LogP contribution in [-0.2, 0) is 16.0 Å². The molecule has 5 heteroatoms. The van der Waals surface area contributed by atoms with Crippen molar-refractivity contribution in [1.29, 1.82) is 0 Å². The summed E-state index contributed by atoms with van der Waals surface area (Å²) < 4.78 is 10.7. The third-order valence-corrected chi connectivity index (χ3v) is 4.37. The molecule has 1 aromatic heterocycles. The number of amides is 1. The normalized spacial score (nSPS) is 10.7. The number of esters is 1. The van der Waals surface area contributed by atoms with E-state index in [4.69, 9.17) is 9.15 Å². The molecule has 26 heavy (non-hydrogen) atoms. The van der Waals surface area contributed by atoms with Crippen molar-refractivity contribution in [2.24, 2.45) is 0 Å². The monoisotopic (exact) mass is 351 g/mol. The highest BCUT2D eigenvalue weighted by molar-refractivity contribution is 5.98. The summed E-state index contributed by atoms with van der Waals surface area (Å²) in [4.78, 5) is 24.5. The van der Waals surface area contributed by atoms with Gasteiger partial charge in [-0.05, 0) is 37.5 Å². The molecule has 1 amide bonds. The van der Waals surface area contributed by atoms with Crippen molar-refractivity contribution in [3.63, 3.8) is 0 Å². The van der Waals surface area contributed by atoms with Crippen LogP contribution < -0.4 is 5.32 Å². The van der Waals surface area contributed by atoms with Gasteiger partial charge in [0, 0.05) is 16.6 Å². The fourth-order valence-electron chi connectivity index (χ4n) is 2.94. The van der Waals surface area contributed by atoms with Crippen LogP contribution >= 0.6 is 0 Å². The van der Waals surface area contributed by atoms with Gasteiger partial charge in [-0.25, -0.2) is 4.79 Å². The molecule has 3 aromatic rings. The zero-order chi connectivity index (χ0) is 18.7. The van der Waals surface area contributed by atoms with Gasteiger partial charge in [-0.15, -0.1) is 0 Å². The number of furan rings is 1. The second-order valence-corrected chi connectivity index (χ2v) is 6.14. The van der Waals surface area contributed by atoms with Crippen molar-refractivity contribution in [2.45, 2.75) is 27.2 Å². The Morgan fingerprint density at radius 3 is 2.58 bits per heavy atom. The number of carbonyl (C=O) groups excluding carboxylic acids is 2. The van der Waals surface area contributed by atoms with E-state index in [-0.39, 0.29) is 18.3 Å². The van der Waals surface area contributed by atoms with Gasteiger partial charge in [0.15, 0.2) is 6.61 Å². The highest BCUT2D eigenvalue weighted by Gasteiger charge is 2.20. The number of aryl methyl sites for hydroxylation is 3. The van der Waals surface area contributed by atoms with E-state index in [0.717, 1.165) is 28.6 Å². The average Bonchev–Trinajstić information content (AvgIpc) is 2.98. The lowest BCUT2D eigenvalue weighted by atomic mass is 10.1.